The van der Waals surface area contributed by atoms with E-state index in [0.29, 0.717) is 4.47 Å². The third-order valence-electron chi connectivity index (χ3n) is 5.18. The Morgan fingerprint density at radius 2 is 1.61 bits per heavy atom. The lowest BCUT2D eigenvalue weighted by Gasteiger charge is -2.26. The van der Waals surface area contributed by atoms with E-state index in [0.717, 1.165) is 35.2 Å². The molecule has 1 N–H and O–H groups in total. The van der Waals surface area contributed by atoms with Gasteiger partial charge in [0.15, 0.2) is 0 Å². The van der Waals surface area contributed by atoms with Gasteiger partial charge in [-0.05, 0) is 48.0 Å². The summed E-state index contributed by atoms with van der Waals surface area (Å²) in [4.78, 5) is 26.8. The van der Waals surface area contributed by atoms with Gasteiger partial charge in [-0.1, -0.05) is 46.3 Å². The number of carbonyl (C=O) groups is 2. The summed E-state index contributed by atoms with van der Waals surface area (Å²) >= 11 is 3.26. The molecule has 0 saturated carbocycles. The van der Waals surface area contributed by atoms with Crippen molar-refractivity contribution in [2.45, 2.75) is 12.2 Å². The Morgan fingerprint density at radius 3 is 2.24 bits per heavy atom. The number of nitrogens with zero attached hydrogens (tertiary/aromatic N) is 1. The van der Waals surface area contributed by atoms with Crippen LogP contribution >= 0.6 is 15.9 Å². The number of carbonyl (C=O) groups excluding carboxylic acids is 2. The van der Waals surface area contributed by atoms with Crippen molar-refractivity contribution in [1.82, 2.24) is 0 Å². The maximum Gasteiger partial charge on any atom is 0.416 e. The second-order valence-electron chi connectivity index (χ2n) is 7.28. The third-order valence-corrected chi connectivity index (χ3v) is 5.71. The first kappa shape index (κ1) is 22.7. The number of ketones is 1. The molecule has 1 atom stereocenters. The summed E-state index contributed by atoms with van der Waals surface area (Å²) < 4.78 is 54.6. The lowest BCUT2D eigenvalue weighted by molar-refractivity contribution is -0.137. The minimum atomic E-state index is -4.69. The van der Waals surface area contributed by atoms with Crippen LogP contribution in [0.5, 0.6) is 0 Å². The Bertz CT molecular complexity index is 1290. The zero-order chi connectivity index (χ0) is 23.9. The van der Waals surface area contributed by atoms with Gasteiger partial charge in [0.1, 0.15) is 11.6 Å². The highest BCUT2D eigenvalue weighted by atomic mass is 79.9. The lowest BCUT2D eigenvalue weighted by Crippen LogP contribution is -2.29. The fourth-order valence-electron chi connectivity index (χ4n) is 3.69. The van der Waals surface area contributed by atoms with Crippen LogP contribution in [0.2, 0.25) is 0 Å². The van der Waals surface area contributed by atoms with Crippen LogP contribution in [0.4, 0.5) is 23.2 Å². The van der Waals surface area contributed by atoms with Crippen molar-refractivity contribution in [3.05, 3.63) is 105 Å². The molecule has 3 aromatic rings. The SMILES string of the molecule is O=C1C(=O)N(c2cccc(C(F)(F)F)c2)C(c2cccc(F)c2)C1=C(O)c1ccc(Br)cc1. The zero-order valence-electron chi connectivity index (χ0n) is 16.6. The molecule has 33 heavy (non-hydrogen) atoms. The van der Waals surface area contributed by atoms with E-state index >= 15 is 0 Å². The lowest BCUT2D eigenvalue weighted by atomic mass is 9.95. The van der Waals surface area contributed by atoms with E-state index in [1.807, 2.05) is 0 Å². The van der Waals surface area contributed by atoms with Crippen molar-refractivity contribution in [3.8, 4) is 0 Å². The fraction of sp³-hybridized carbons (Fsp3) is 0.0833. The second kappa shape index (κ2) is 8.47. The van der Waals surface area contributed by atoms with Crippen molar-refractivity contribution in [2.75, 3.05) is 4.90 Å². The molecule has 1 amide bonds. The topological polar surface area (TPSA) is 57.6 Å². The maximum absolute atomic E-state index is 14.0. The van der Waals surface area contributed by atoms with E-state index in [1.165, 1.54) is 30.3 Å². The van der Waals surface area contributed by atoms with Crippen molar-refractivity contribution < 1.29 is 32.3 Å². The van der Waals surface area contributed by atoms with Crippen LogP contribution in [0.3, 0.4) is 0 Å². The molecule has 4 nitrogen and oxygen atoms in total. The summed E-state index contributed by atoms with van der Waals surface area (Å²) in [6.45, 7) is 0. The Kier molecular flexibility index (Phi) is 5.84. The predicted octanol–water partition coefficient (Wildman–Crippen LogP) is 6.23. The zero-order valence-corrected chi connectivity index (χ0v) is 18.2. The average Bonchev–Trinajstić information content (AvgIpc) is 3.04. The van der Waals surface area contributed by atoms with Gasteiger partial charge in [-0.2, -0.15) is 13.2 Å². The van der Waals surface area contributed by atoms with E-state index in [1.54, 1.807) is 12.1 Å². The number of alkyl halides is 3. The second-order valence-corrected chi connectivity index (χ2v) is 8.19. The van der Waals surface area contributed by atoms with Gasteiger partial charge in [-0.15, -0.1) is 0 Å². The maximum atomic E-state index is 14.0. The molecule has 168 valence electrons. The molecule has 9 heteroatoms. The quantitative estimate of drug-likeness (QED) is 0.193. The van der Waals surface area contributed by atoms with Crippen LogP contribution in [0.15, 0.2) is 82.8 Å². The number of hydrogen-bond donors (Lipinski definition) is 1. The molecule has 1 heterocycles. The van der Waals surface area contributed by atoms with Gasteiger partial charge in [0.05, 0.1) is 17.2 Å². The Hall–Kier alpha value is -3.46. The first-order chi connectivity index (χ1) is 15.6. The Balaban J connectivity index is 1.95. The average molecular weight is 520 g/mol. The normalized spacial score (nSPS) is 18.1. The number of Topliss-reactive ketones (excluding diaryl/α,β-unsaturated/α-hetero) is 1. The van der Waals surface area contributed by atoms with Gasteiger partial charge < -0.3 is 5.11 Å². The number of halogens is 5. The number of anilines is 1. The fourth-order valence-corrected chi connectivity index (χ4v) is 3.95. The number of amides is 1. The number of aliphatic hydroxyl groups is 1. The number of hydrogen-bond acceptors (Lipinski definition) is 3. The van der Waals surface area contributed by atoms with Crippen molar-refractivity contribution in [3.63, 3.8) is 0 Å². The molecule has 1 aliphatic rings. The molecule has 1 saturated heterocycles. The van der Waals surface area contributed by atoms with Gasteiger partial charge in [0, 0.05) is 15.7 Å². The van der Waals surface area contributed by atoms with Crippen LogP contribution in [0.1, 0.15) is 22.7 Å². The van der Waals surface area contributed by atoms with E-state index in [2.05, 4.69) is 15.9 Å². The van der Waals surface area contributed by atoms with Crippen LogP contribution in [-0.4, -0.2) is 16.8 Å². The Labute approximate surface area is 193 Å². The summed E-state index contributed by atoms with van der Waals surface area (Å²) in [5.74, 6) is -3.43. The standard InChI is InChI=1S/C24H14BrF4NO3/c25-16-9-7-13(8-10-16)21(31)19-20(14-3-1-5-17(26)11-14)30(23(33)22(19)32)18-6-2-4-15(12-18)24(27,28)29/h1-12,20,31H. The first-order valence-electron chi connectivity index (χ1n) is 9.57. The number of aliphatic hydroxyl groups excluding tert-OH is 1. The van der Waals surface area contributed by atoms with Crippen LogP contribution in [0.25, 0.3) is 5.76 Å². The van der Waals surface area contributed by atoms with Crippen molar-refractivity contribution in [2.24, 2.45) is 0 Å². The molecule has 0 radical (unpaired) electrons. The predicted molar refractivity (Wildman–Crippen MR) is 117 cm³/mol. The molecular formula is C24H14BrF4NO3. The van der Waals surface area contributed by atoms with Gasteiger partial charge >= 0.3 is 6.18 Å². The van der Waals surface area contributed by atoms with Crippen LogP contribution in [0, 0.1) is 5.82 Å². The van der Waals surface area contributed by atoms with Crippen LogP contribution < -0.4 is 4.90 Å². The summed E-state index contributed by atoms with van der Waals surface area (Å²) in [7, 11) is 0. The van der Waals surface area contributed by atoms with Gasteiger partial charge in [0.2, 0.25) is 0 Å². The minimum absolute atomic E-state index is 0.116. The molecule has 1 fully saturated rings. The minimum Gasteiger partial charge on any atom is -0.507 e. The highest BCUT2D eigenvalue weighted by Crippen LogP contribution is 2.43. The summed E-state index contributed by atoms with van der Waals surface area (Å²) in [5.41, 5.74) is -1.26. The van der Waals surface area contributed by atoms with E-state index in [9.17, 15) is 32.3 Å². The van der Waals surface area contributed by atoms with E-state index in [4.69, 9.17) is 0 Å². The first-order valence-corrected chi connectivity index (χ1v) is 10.4. The number of benzene rings is 3. The molecule has 3 aromatic carbocycles. The molecule has 1 unspecified atom stereocenters. The molecule has 0 bridgehead atoms. The van der Waals surface area contributed by atoms with E-state index < -0.39 is 41.0 Å². The largest absolute Gasteiger partial charge is 0.507 e. The summed E-state index contributed by atoms with van der Waals surface area (Å²) in [5, 5.41) is 10.9. The molecular weight excluding hydrogens is 506 g/mol. The van der Waals surface area contributed by atoms with Crippen molar-refractivity contribution in [1.29, 1.82) is 0 Å². The van der Waals surface area contributed by atoms with E-state index in [-0.39, 0.29) is 22.4 Å². The van der Waals surface area contributed by atoms with Gasteiger partial charge in [-0.25, -0.2) is 4.39 Å². The smallest absolute Gasteiger partial charge is 0.416 e. The van der Waals surface area contributed by atoms with Gasteiger partial charge in [0.25, 0.3) is 11.7 Å². The molecule has 0 aromatic heterocycles. The highest BCUT2D eigenvalue weighted by Gasteiger charge is 2.47. The van der Waals surface area contributed by atoms with Gasteiger partial charge in [-0.3, -0.25) is 14.5 Å². The molecule has 0 spiro atoms. The highest BCUT2D eigenvalue weighted by molar-refractivity contribution is 9.10. The molecule has 0 aliphatic carbocycles. The van der Waals surface area contributed by atoms with Crippen molar-refractivity contribution >= 4 is 39.1 Å². The Morgan fingerprint density at radius 1 is 0.939 bits per heavy atom. The molecule has 4 rings (SSSR count). The summed E-state index contributed by atoms with van der Waals surface area (Å²) in [6, 6.07) is 13.8. The number of rotatable bonds is 3. The third kappa shape index (κ3) is 4.28. The van der Waals surface area contributed by atoms with Crippen LogP contribution in [-0.2, 0) is 15.8 Å². The summed E-state index contributed by atoms with van der Waals surface area (Å²) in [6.07, 6.45) is -4.69. The molecule has 1 aliphatic heterocycles. The monoisotopic (exact) mass is 519 g/mol.